The summed E-state index contributed by atoms with van der Waals surface area (Å²) in [6.07, 6.45) is 9.96. The third kappa shape index (κ3) is 2.54. The highest BCUT2D eigenvalue weighted by Crippen LogP contribution is 2.45. The minimum absolute atomic E-state index is 0.685. The molecule has 1 aliphatic heterocycles. The number of hydrogen-bond donors (Lipinski definition) is 1. The number of ether oxygens (including phenoxy) is 1. The molecule has 0 bridgehead atoms. The predicted octanol–water partition coefficient (Wildman–Crippen LogP) is 2.58. The minimum atomic E-state index is 0.685. The van der Waals surface area contributed by atoms with Crippen LogP contribution in [-0.2, 0) is 4.74 Å². The summed E-state index contributed by atoms with van der Waals surface area (Å²) in [6, 6.07) is 0. The van der Waals surface area contributed by atoms with Crippen molar-refractivity contribution in [1.82, 2.24) is 5.32 Å². The Hall–Kier alpha value is -0.0800. The molecule has 0 spiro atoms. The number of nitrogens with one attached hydrogen (secondary N) is 1. The molecule has 0 aromatic heterocycles. The van der Waals surface area contributed by atoms with E-state index in [1.165, 1.54) is 58.0 Å². The Morgan fingerprint density at radius 3 is 2.47 bits per heavy atom. The van der Waals surface area contributed by atoms with Crippen LogP contribution in [-0.4, -0.2) is 26.8 Å². The summed E-state index contributed by atoms with van der Waals surface area (Å²) in [7, 11) is 1.80. The van der Waals surface area contributed by atoms with Gasteiger partial charge in [-0.05, 0) is 37.0 Å². The molecule has 0 amide bonds. The lowest BCUT2D eigenvalue weighted by Gasteiger charge is -2.48. The van der Waals surface area contributed by atoms with E-state index < -0.39 is 0 Å². The van der Waals surface area contributed by atoms with Crippen molar-refractivity contribution in [2.24, 2.45) is 11.3 Å². The first-order valence-corrected chi connectivity index (χ1v) is 6.57. The van der Waals surface area contributed by atoms with Crippen molar-refractivity contribution < 1.29 is 4.74 Å². The van der Waals surface area contributed by atoms with Crippen LogP contribution in [0.3, 0.4) is 0 Å². The Bertz CT molecular complexity index is 183. The number of rotatable bonds is 6. The Balaban J connectivity index is 1.75. The van der Waals surface area contributed by atoms with Gasteiger partial charge in [-0.25, -0.2) is 0 Å². The first-order chi connectivity index (χ1) is 7.37. The van der Waals surface area contributed by atoms with Gasteiger partial charge < -0.3 is 10.1 Å². The van der Waals surface area contributed by atoms with Gasteiger partial charge in [-0.1, -0.05) is 19.3 Å². The van der Waals surface area contributed by atoms with Gasteiger partial charge in [0, 0.05) is 26.8 Å². The van der Waals surface area contributed by atoms with Gasteiger partial charge in [-0.15, -0.1) is 0 Å². The van der Waals surface area contributed by atoms with E-state index in [2.05, 4.69) is 5.32 Å². The molecule has 2 rings (SSSR count). The highest BCUT2D eigenvalue weighted by Gasteiger charge is 2.43. The summed E-state index contributed by atoms with van der Waals surface area (Å²) in [5, 5.41) is 3.49. The molecule has 1 heterocycles. The van der Waals surface area contributed by atoms with Gasteiger partial charge in [0.15, 0.2) is 0 Å². The average molecular weight is 211 g/mol. The highest BCUT2D eigenvalue weighted by atomic mass is 16.5. The van der Waals surface area contributed by atoms with Crippen molar-refractivity contribution in [3.8, 4) is 0 Å². The fourth-order valence-electron chi connectivity index (χ4n) is 3.38. The molecule has 88 valence electrons. The van der Waals surface area contributed by atoms with E-state index in [1.54, 1.807) is 7.11 Å². The Labute approximate surface area is 93.8 Å². The Kier molecular flexibility index (Phi) is 4.04. The lowest BCUT2D eigenvalue weighted by Crippen LogP contribution is -2.57. The number of unbranched alkanes of at least 4 members (excludes halogenated alkanes) is 1. The third-order valence-electron chi connectivity index (χ3n) is 4.45. The number of methoxy groups -OCH3 is 1. The quantitative estimate of drug-likeness (QED) is 0.682. The van der Waals surface area contributed by atoms with Crippen LogP contribution in [0.5, 0.6) is 0 Å². The summed E-state index contributed by atoms with van der Waals surface area (Å²) >= 11 is 0. The van der Waals surface area contributed by atoms with Crippen molar-refractivity contribution >= 4 is 0 Å². The zero-order valence-electron chi connectivity index (χ0n) is 10.1. The van der Waals surface area contributed by atoms with Gasteiger partial charge in [0.25, 0.3) is 0 Å². The second-order valence-corrected chi connectivity index (χ2v) is 5.40. The van der Waals surface area contributed by atoms with Crippen LogP contribution in [0.2, 0.25) is 0 Å². The second kappa shape index (κ2) is 5.31. The van der Waals surface area contributed by atoms with Gasteiger partial charge in [-0.2, -0.15) is 0 Å². The van der Waals surface area contributed by atoms with E-state index in [9.17, 15) is 0 Å². The molecule has 1 saturated heterocycles. The first-order valence-electron chi connectivity index (χ1n) is 6.57. The fourth-order valence-corrected chi connectivity index (χ4v) is 3.38. The Morgan fingerprint density at radius 2 is 1.93 bits per heavy atom. The van der Waals surface area contributed by atoms with Crippen LogP contribution in [0, 0.1) is 11.3 Å². The monoisotopic (exact) mass is 211 g/mol. The van der Waals surface area contributed by atoms with Crippen LogP contribution in [0.25, 0.3) is 0 Å². The maximum atomic E-state index is 5.12. The maximum Gasteiger partial charge on any atom is 0.0462 e. The molecular weight excluding hydrogens is 186 g/mol. The molecule has 0 atom stereocenters. The molecule has 2 aliphatic rings. The van der Waals surface area contributed by atoms with Crippen molar-refractivity contribution in [1.29, 1.82) is 0 Å². The predicted molar refractivity (Wildman–Crippen MR) is 63.0 cm³/mol. The molecule has 2 fully saturated rings. The van der Waals surface area contributed by atoms with Crippen LogP contribution in [0.1, 0.15) is 44.9 Å². The summed E-state index contributed by atoms with van der Waals surface area (Å²) < 4.78 is 5.12. The van der Waals surface area contributed by atoms with Gasteiger partial charge >= 0.3 is 0 Å². The van der Waals surface area contributed by atoms with Gasteiger partial charge in [0.1, 0.15) is 0 Å². The van der Waals surface area contributed by atoms with Crippen molar-refractivity contribution in [3.63, 3.8) is 0 Å². The normalized spacial score (nSPS) is 25.4. The van der Waals surface area contributed by atoms with Crippen LogP contribution >= 0.6 is 0 Å². The smallest absolute Gasteiger partial charge is 0.0462 e. The molecule has 2 heteroatoms. The lowest BCUT2D eigenvalue weighted by molar-refractivity contribution is 0.0635. The zero-order chi connectivity index (χ0) is 10.6. The molecule has 0 aromatic carbocycles. The van der Waals surface area contributed by atoms with Crippen LogP contribution in [0.15, 0.2) is 0 Å². The molecular formula is C13H25NO. The van der Waals surface area contributed by atoms with E-state index in [1.807, 2.05) is 0 Å². The fraction of sp³-hybridized carbons (Fsp3) is 1.00. The number of hydrogen-bond acceptors (Lipinski definition) is 2. The van der Waals surface area contributed by atoms with E-state index in [4.69, 9.17) is 4.74 Å². The van der Waals surface area contributed by atoms with E-state index in [0.717, 1.165) is 12.5 Å². The second-order valence-electron chi connectivity index (χ2n) is 5.40. The Morgan fingerprint density at radius 1 is 1.20 bits per heavy atom. The van der Waals surface area contributed by atoms with E-state index in [0.29, 0.717) is 5.41 Å². The SMILES string of the molecule is COCCCCC1(C2CCCC2)CNC1. The largest absolute Gasteiger partial charge is 0.385 e. The van der Waals surface area contributed by atoms with Gasteiger partial charge in [-0.3, -0.25) is 0 Å². The third-order valence-corrected chi connectivity index (χ3v) is 4.45. The van der Waals surface area contributed by atoms with Gasteiger partial charge in [0.05, 0.1) is 0 Å². The highest BCUT2D eigenvalue weighted by molar-refractivity contribution is 4.98. The van der Waals surface area contributed by atoms with E-state index >= 15 is 0 Å². The lowest BCUT2D eigenvalue weighted by atomic mass is 9.67. The minimum Gasteiger partial charge on any atom is -0.385 e. The summed E-state index contributed by atoms with van der Waals surface area (Å²) in [5.41, 5.74) is 0.685. The summed E-state index contributed by atoms with van der Waals surface area (Å²) in [5.74, 6) is 1.03. The van der Waals surface area contributed by atoms with Crippen molar-refractivity contribution in [3.05, 3.63) is 0 Å². The zero-order valence-corrected chi connectivity index (χ0v) is 10.1. The average Bonchev–Trinajstić information content (AvgIpc) is 2.69. The molecule has 0 radical (unpaired) electrons. The molecule has 2 nitrogen and oxygen atoms in total. The van der Waals surface area contributed by atoms with Crippen molar-refractivity contribution in [2.45, 2.75) is 44.9 Å². The molecule has 1 N–H and O–H groups in total. The topological polar surface area (TPSA) is 21.3 Å². The first kappa shape index (κ1) is 11.4. The van der Waals surface area contributed by atoms with Crippen molar-refractivity contribution in [2.75, 3.05) is 26.8 Å². The molecule has 0 aromatic rings. The summed E-state index contributed by atoms with van der Waals surface area (Å²) in [6.45, 7) is 3.50. The van der Waals surface area contributed by atoms with Gasteiger partial charge in [0.2, 0.25) is 0 Å². The summed E-state index contributed by atoms with van der Waals surface area (Å²) in [4.78, 5) is 0. The molecule has 1 saturated carbocycles. The maximum absolute atomic E-state index is 5.12. The van der Waals surface area contributed by atoms with Crippen LogP contribution < -0.4 is 5.32 Å². The molecule has 1 aliphatic carbocycles. The standard InChI is InChI=1S/C13H25NO/c1-15-9-5-4-8-13(10-14-11-13)12-6-2-3-7-12/h12,14H,2-11H2,1H3. The van der Waals surface area contributed by atoms with E-state index in [-0.39, 0.29) is 0 Å². The van der Waals surface area contributed by atoms with Crippen LogP contribution in [0.4, 0.5) is 0 Å². The molecule has 15 heavy (non-hydrogen) atoms. The molecule has 0 unspecified atom stereocenters.